The normalized spacial score (nSPS) is 20.4. The molecule has 0 aromatic heterocycles. The van der Waals surface area contributed by atoms with Crippen LogP contribution in [-0.4, -0.2) is 73.2 Å². The molecule has 4 rings (SSSR count). The number of likely N-dealkylation sites (tertiary alicyclic amines) is 1. The molecule has 1 atom stereocenters. The average Bonchev–Trinajstić information content (AvgIpc) is 2.88. The van der Waals surface area contributed by atoms with Gasteiger partial charge in [0.2, 0.25) is 5.91 Å². The smallest absolute Gasteiger partial charge is 0.260 e. The lowest BCUT2D eigenvalue weighted by atomic mass is 9.96. The van der Waals surface area contributed by atoms with Crippen molar-refractivity contribution in [1.82, 2.24) is 9.80 Å². The molecular weight excluding hydrogens is 491 g/mol. The number of nitrogens with zero attached hydrogens (tertiary/aromatic N) is 2. The van der Waals surface area contributed by atoms with Gasteiger partial charge in [0.1, 0.15) is 23.7 Å². The average molecular weight is 521 g/mol. The number of benzene rings is 2. The second-order valence-corrected chi connectivity index (χ2v) is 9.83. The number of carbonyl (C=O) groups is 2. The summed E-state index contributed by atoms with van der Waals surface area (Å²) in [4.78, 5) is 29.8. The molecule has 0 spiro atoms. The van der Waals surface area contributed by atoms with Crippen LogP contribution in [0.4, 0.5) is 0 Å². The Bertz CT molecular complexity index is 1010. The summed E-state index contributed by atoms with van der Waals surface area (Å²) in [6.07, 6.45) is 3.28. The molecule has 9 heteroatoms. The van der Waals surface area contributed by atoms with Crippen molar-refractivity contribution < 1.29 is 23.8 Å². The first-order valence-corrected chi connectivity index (χ1v) is 12.6. The first-order valence-electron chi connectivity index (χ1n) is 11.9. The Hall–Kier alpha value is -2.48. The Morgan fingerprint density at radius 3 is 2.37 bits per heavy atom. The molecule has 2 amide bonds. The van der Waals surface area contributed by atoms with Gasteiger partial charge < -0.3 is 24.0 Å². The molecule has 35 heavy (non-hydrogen) atoms. The predicted octanol–water partition coefficient (Wildman–Crippen LogP) is 4.45. The number of rotatable bonds is 8. The summed E-state index contributed by atoms with van der Waals surface area (Å²) in [5.41, 5.74) is -0.967. The Morgan fingerprint density at radius 2 is 1.63 bits per heavy atom. The zero-order chi connectivity index (χ0) is 24.7. The van der Waals surface area contributed by atoms with Crippen molar-refractivity contribution in [3.05, 3.63) is 58.6 Å². The van der Waals surface area contributed by atoms with E-state index < -0.39 is 5.60 Å². The van der Waals surface area contributed by atoms with Gasteiger partial charge in [-0.2, -0.15) is 0 Å². The van der Waals surface area contributed by atoms with Crippen LogP contribution in [0.1, 0.15) is 25.7 Å². The van der Waals surface area contributed by atoms with E-state index in [-0.39, 0.29) is 38.0 Å². The Labute approximate surface area is 215 Å². The molecule has 0 N–H and O–H groups in total. The third-order valence-corrected chi connectivity index (χ3v) is 6.74. The van der Waals surface area contributed by atoms with Crippen LogP contribution in [0.3, 0.4) is 0 Å². The number of piperidine rings is 1. The van der Waals surface area contributed by atoms with Crippen molar-refractivity contribution in [3.63, 3.8) is 0 Å². The van der Waals surface area contributed by atoms with E-state index in [4.69, 9.17) is 37.4 Å². The number of morpholine rings is 1. The van der Waals surface area contributed by atoms with Crippen molar-refractivity contribution in [2.24, 2.45) is 0 Å². The maximum atomic E-state index is 13.2. The minimum Gasteiger partial charge on any atom is -0.490 e. The third-order valence-electron chi connectivity index (χ3n) is 6.26. The Kier molecular flexibility index (Phi) is 8.76. The number of hydrogen-bond donors (Lipinski definition) is 0. The molecule has 2 aliphatic rings. The van der Waals surface area contributed by atoms with Gasteiger partial charge >= 0.3 is 0 Å². The molecule has 0 radical (unpaired) electrons. The molecule has 2 aromatic rings. The lowest BCUT2D eigenvalue weighted by molar-refractivity contribution is -0.167. The Balaban J connectivity index is 1.44. The van der Waals surface area contributed by atoms with E-state index in [1.807, 2.05) is 4.90 Å². The topological polar surface area (TPSA) is 68.3 Å². The molecule has 2 heterocycles. The summed E-state index contributed by atoms with van der Waals surface area (Å²) in [5.74, 6) is 0.985. The molecule has 2 fully saturated rings. The van der Waals surface area contributed by atoms with Crippen molar-refractivity contribution >= 4 is 35.0 Å². The highest BCUT2D eigenvalue weighted by Crippen LogP contribution is 2.27. The zero-order valence-electron chi connectivity index (χ0n) is 19.6. The first-order chi connectivity index (χ1) is 16.9. The summed E-state index contributed by atoms with van der Waals surface area (Å²) in [6.45, 7) is 2.46. The van der Waals surface area contributed by atoms with Gasteiger partial charge in [-0.3, -0.25) is 9.59 Å². The van der Waals surface area contributed by atoms with Crippen molar-refractivity contribution in [2.75, 3.05) is 46.0 Å². The van der Waals surface area contributed by atoms with Crippen LogP contribution >= 0.6 is 23.2 Å². The fraction of sp³-hybridized carbons (Fsp3) is 0.462. The van der Waals surface area contributed by atoms with Gasteiger partial charge in [-0.1, -0.05) is 29.3 Å². The number of carbonyl (C=O) groups excluding carboxylic acids is 2. The first kappa shape index (κ1) is 25.6. The maximum absolute atomic E-state index is 13.2. The van der Waals surface area contributed by atoms with Crippen LogP contribution in [0.5, 0.6) is 11.5 Å². The molecule has 2 saturated heterocycles. The minimum absolute atomic E-state index is 0.0195. The van der Waals surface area contributed by atoms with Crippen LogP contribution in [-0.2, 0) is 14.3 Å². The van der Waals surface area contributed by atoms with Crippen LogP contribution in [0, 0.1) is 0 Å². The third kappa shape index (κ3) is 7.26. The van der Waals surface area contributed by atoms with Gasteiger partial charge in [-0.25, -0.2) is 0 Å². The second kappa shape index (κ2) is 12.0. The highest BCUT2D eigenvalue weighted by atomic mass is 35.5. The standard InChI is InChI=1S/C26H30Cl2N2O5/c27-20-7-9-22(10-8-20)33-17-25(32)30-13-14-35-26(18-30,16-24(31)29-11-2-1-3-12-29)19-34-23-6-4-5-21(28)15-23/h4-10,15H,1-3,11-14,16-19H2/t26-/m1/s1. The highest BCUT2D eigenvalue weighted by Gasteiger charge is 2.42. The van der Waals surface area contributed by atoms with E-state index in [1.54, 1.807) is 53.4 Å². The maximum Gasteiger partial charge on any atom is 0.260 e. The van der Waals surface area contributed by atoms with E-state index in [0.717, 1.165) is 32.4 Å². The van der Waals surface area contributed by atoms with E-state index >= 15 is 0 Å². The molecular formula is C26H30Cl2N2O5. The zero-order valence-corrected chi connectivity index (χ0v) is 21.1. The Morgan fingerprint density at radius 1 is 0.857 bits per heavy atom. The molecule has 0 bridgehead atoms. The monoisotopic (exact) mass is 520 g/mol. The van der Waals surface area contributed by atoms with Crippen molar-refractivity contribution in [2.45, 2.75) is 31.3 Å². The fourth-order valence-electron chi connectivity index (χ4n) is 4.37. The largest absolute Gasteiger partial charge is 0.490 e. The molecule has 2 aliphatic heterocycles. The van der Waals surface area contributed by atoms with E-state index in [1.165, 1.54) is 0 Å². The van der Waals surface area contributed by atoms with Crippen LogP contribution < -0.4 is 9.47 Å². The summed E-state index contributed by atoms with van der Waals surface area (Å²) in [5, 5.41) is 1.15. The number of amides is 2. The number of hydrogen-bond acceptors (Lipinski definition) is 5. The van der Waals surface area contributed by atoms with Gasteiger partial charge in [0, 0.05) is 29.7 Å². The number of halogens is 2. The fourth-order valence-corrected chi connectivity index (χ4v) is 4.68. The molecule has 0 unspecified atom stereocenters. The summed E-state index contributed by atoms with van der Waals surface area (Å²) in [6, 6.07) is 13.9. The van der Waals surface area contributed by atoms with Gasteiger partial charge in [-0.05, 0) is 61.7 Å². The summed E-state index contributed by atoms with van der Waals surface area (Å²) >= 11 is 12.0. The second-order valence-electron chi connectivity index (χ2n) is 8.95. The number of ether oxygens (including phenoxy) is 3. The van der Waals surface area contributed by atoms with E-state index in [2.05, 4.69) is 0 Å². The molecule has 2 aromatic carbocycles. The lowest BCUT2D eigenvalue weighted by Gasteiger charge is -2.43. The van der Waals surface area contributed by atoms with E-state index in [0.29, 0.717) is 34.7 Å². The minimum atomic E-state index is -0.967. The SMILES string of the molecule is O=C(C[C@]1(COc2cccc(Cl)c2)CN(C(=O)COc2ccc(Cl)cc2)CCO1)N1CCCCC1. The van der Waals surface area contributed by atoms with Crippen LogP contribution in [0.2, 0.25) is 10.0 Å². The molecule has 0 saturated carbocycles. The summed E-state index contributed by atoms with van der Waals surface area (Å²) in [7, 11) is 0. The molecule has 188 valence electrons. The quantitative estimate of drug-likeness (QED) is 0.514. The van der Waals surface area contributed by atoms with Gasteiger partial charge in [0.05, 0.1) is 19.6 Å². The van der Waals surface area contributed by atoms with Crippen molar-refractivity contribution in [1.29, 1.82) is 0 Å². The predicted molar refractivity (Wildman–Crippen MR) is 134 cm³/mol. The van der Waals surface area contributed by atoms with E-state index in [9.17, 15) is 9.59 Å². The van der Waals surface area contributed by atoms with Gasteiger partial charge in [0.15, 0.2) is 6.61 Å². The van der Waals surface area contributed by atoms with Gasteiger partial charge in [0.25, 0.3) is 5.91 Å². The highest BCUT2D eigenvalue weighted by molar-refractivity contribution is 6.30. The van der Waals surface area contributed by atoms with Crippen molar-refractivity contribution in [3.8, 4) is 11.5 Å². The molecule has 7 nitrogen and oxygen atoms in total. The van der Waals surface area contributed by atoms with Crippen LogP contribution in [0.15, 0.2) is 48.5 Å². The van der Waals surface area contributed by atoms with Gasteiger partial charge in [-0.15, -0.1) is 0 Å². The molecule has 0 aliphatic carbocycles. The van der Waals surface area contributed by atoms with Crippen LogP contribution in [0.25, 0.3) is 0 Å². The summed E-state index contributed by atoms with van der Waals surface area (Å²) < 4.78 is 17.9. The lowest BCUT2D eigenvalue weighted by Crippen LogP contribution is -2.59.